The van der Waals surface area contributed by atoms with Crippen molar-refractivity contribution < 1.29 is 14.7 Å². The quantitative estimate of drug-likeness (QED) is 0.717. The highest BCUT2D eigenvalue weighted by atomic mass is 16.4. The lowest BCUT2D eigenvalue weighted by molar-refractivity contribution is -0.139. The van der Waals surface area contributed by atoms with E-state index in [9.17, 15) is 9.59 Å². The van der Waals surface area contributed by atoms with Crippen molar-refractivity contribution in [3.63, 3.8) is 0 Å². The SMILES string of the molecule is CC(C)NCC(=O)N1CCCC1CC(=O)O. The third kappa shape index (κ3) is 3.81. The van der Waals surface area contributed by atoms with Crippen LogP contribution in [0.15, 0.2) is 0 Å². The summed E-state index contributed by atoms with van der Waals surface area (Å²) in [5.41, 5.74) is 0. The van der Waals surface area contributed by atoms with E-state index in [0.29, 0.717) is 13.1 Å². The molecule has 0 saturated carbocycles. The number of carboxylic acid groups (broad SMARTS) is 1. The number of hydrogen-bond acceptors (Lipinski definition) is 3. The Morgan fingerprint density at radius 3 is 2.75 bits per heavy atom. The number of carbonyl (C=O) groups excluding carboxylic acids is 1. The Balaban J connectivity index is 2.44. The van der Waals surface area contributed by atoms with Crippen LogP contribution in [0.5, 0.6) is 0 Å². The Bertz CT molecular complexity index is 266. The summed E-state index contributed by atoms with van der Waals surface area (Å²) in [6.07, 6.45) is 1.78. The molecule has 1 heterocycles. The molecule has 0 aromatic rings. The molecule has 2 N–H and O–H groups in total. The van der Waals surface area contributed by atoms with Gasteiger partial charge in [0.15, 0.2) is 0 Å². The van der Waals surface area contributed by atoms with Gasteiger partial charge in [-0.05, 0) is 12.8 Å². The number of nitrogens with zero attached hydrogens (tertiary/aromatic N) is 1. The van der Waals surface area contributed by atoms with Crippen LogP contribution in [0, 0.1) is 0 Å². The topological polar surface area (TPSA) is 69.6 Å². The van der Waals surface area contributed by atoms with E-state index in [2.05, 4.69) is 5.32 Å². The maximum absolute atomic E-state index is 11.8. The van der Waals surface area contributed by atoms with Crippen molar-refractivity contribution in [3.8, 4) is 0 Å². The molecule has 1 atom stereocenters. The molecule has 5 heteroatoms. The van der Waals surface area contributed by atoms with Gasteiger partial charge < -0.3 is 15.3 Å². The highest BCUT2D eigenvalue weighted by Crippen LogP contribution is 2.19. The van der Waals surface area contributed by atoms with Gasteiger partial charge in [0.05, 0.1) is 13.0 Å². The zero-order valence-corrected chi connectivity index (χ0v) is 9.90. The van der Waals surface area contributed by atoms with Gasteiger partial charge in [0.1, 0.15) is 0 Å². The van der Waals surface area contributed by atoms with Crippen molar-refractivity contribution in [1.82, 2.24) is 10.2 Å². The number of carbonyl (C=O) groups is 2. The molecule has 16 heavy (non-hydrogen) atoms. The summed E-state index contributed by atoms with van der Waals surface area (Å²) in [6, 6.07) is 0.156. The second-order valence-electron chi connectivity index (χ2n) is 4.52. The van der Waals surface area contributed by atoms with Crippen LogP contribution in [0.25, 0.3) is 0 Å². The molecule has 1 saturated heterocycles. The zero-order valence-electron chi connectivity index (χ0n) is 9.90. The summed E-state index contributed by atoms with van der Waals surface area (Å²) >= 11 is 0. The minimum atomic E-state index is -0.832. The number of rotatable bonds is 5. The monoisotopic (exact) mass is 228 g/mol. The van der Waals surface area contributed by atoms with E-state index in [0.717, 1.165) is 12.8 Å². The second-order valence-corrected chi connectivity index (χ2v) is 4.52. The van der Waals surface area contributed by atoms with Crippen LogP contribution >= 0.6 is 0 Å². The van der Waals surface area contributed by atoms with E-state index in [-0.39, 0.29) is 24.4 Å². The molecule has 0 radical (unpaired) electrons. The Labute approximate surface area is 95.8 Å². The normalized spacial score (nSPS) is 20.4. The molecule has 5 nitrogen and oxygen atoms in total. The molecule has 1 rings (SSSR count). The third-order valence-electron chi connectivity index (χ3n) is 2.77. The lowest BCUT2D eigenvalue weighted by atomic mass is 10.1. The maximum atomic E-state index is 11.8. The Morgan fingerprint density at radius 2 is 2.19 bits per heavy atom. The molecule has 1 fully saturated rings. The van der Waals surface area contributed by atoms with Gasteiger partial charge in [-0.3, -0.25) is 9.59 Å². The van der Waals surface area contributed by atoms with Gasteiger partial charge in [-0.15, -0.1) is 0 Å². The maximum Gasteiger partial charge on any atom is 0.305 e. The average Bonchev–Trinajstić information content (AvgIpc) is 2.61. The number of likely N-dealkylation sites (tertiary alicyclic amines) is 1. The molecule has 1 aliphatic rings. The first-order valence-electron chi connectivity index (χ1n) is 5.75. The van der Waals surface area contributed by atoms with Crippen molar-refractivity contribution in [3.05, 3.63) is 0 Å². The highest BCUT2D eigenvalue weighted by Gasteiger charge is 2.29. The molecule has 0 aromatic heterocycles. The molecular weight excluding hydrogens is 208 g/mol. The van der Waals surface area contributed by atoms with Crippen LogP contribution in [-0.4, -0.2) is 47.1 Å². The number of nitrogens with one attached hydrogen (secondary N) is 1. The summed E-state index contributed by atoms with van der Waals surface area (Å²) in [7, 11) is 0. The van der Waals surface area contributed by atoms with E-state index < -0.39 is 5.97 Å². The van der Waals surface area contributed by atoms with Crippen LogP contribution < -0.4 is 5.32 Å². The van der Waals surface area contributed by atoms with Crippen molar-refractivity contribution in [2.24, 2.45) is 0 Å². The summed E-state index contributed by atoms with van der Waals surface area (Å²) in [5, 5.41) is 11.8. The standard InChI is InChI=1S/C11H20N2O3/c1-8(2)12-7-10(14)13-5-3-4-9(13)6-11(15)16/h8-9,12H,3-7H2,1-2H3,(H,15,16). The van der Waals surface area contributed by atoms with Gasteiger partial charge in [-0.2, -0.15) is 0 Å². The lowest BCUT2D eigenvalue weighted by Crippen LogP contribution is -2.43. The number of aliphatic carboxylic acids is 1. The number of amides is 1. The fourth-order valence-corrected chi connectivity index (χ4v) is 1.97. The number of hydrogen-bond donors (Lipinski definition) is 2. The van der Waals surface area contributed by atoms with E-state index in [1.165, 1.54) is 0 Å². The molecule has 0 spiro atoms. The first kappa shape index (κ1) is 13.0. The molecule has 0 bridgehead atoms. The van der Waals surface area contributed by atoms with Crippen LogP contribution in [-0.2, 0) is 9.59 Å². The molecule has 1 unspecified atom stereocenters. The van der Waals surface area contributed by atoms with Gasteiger partial charge in [0.2, 0.25) is 5.91 Å². The largest absolute Gasteiger partial charge is 0.481 e. The average molecular weight is 228 g/mol. The van der Waals surface area contributed by atoms with Crippen LogP contribution in [0.2, 0.25) is 0 Å². The molecular formula is C11H20N2O3. The van der Waals surface area contributed by atoms with E-state index >= 15 is 0 Å². The predicted octanol–water partition coefficient (Wildman–Crippen LogP) is 0.450. The van der Waals surface area contributed by atoms with Crippen LogP contribution in [0.4, 0.5) is 0 Å². The van der Waals surface area contributed by atoms with Crippen molar-refractivity contribution in [2.45, 2.75) is 45.2 Å². The fraction of sp³-hybridized carbons (Fsp3) is 0.818. The summed E-state index contributed by atoms with van der Waals surface area (Å²) in [5.74, 6) is -0.820. The van der Waals surface area contributed by atoms with Gasteiger partial charge >= 0.3 is 5.97 Å². The third-order valence-corrected chi connectivity index (χ3v) is 2.77. The highest BCUT2D eigenvalue weighted by molar-refractivity contribution is 5.79. The fourth-order valence-electron chi connectivity index (χ4n) is 1.97. The molecule has 0 aromatic carbocycles. The summed E-state index contributed by atoms with van der Waals surface area (Å²) in [4.78, 5) is 24.1. The van der Waals surface area contributed by atoms with Gasteiger partial charge in [0.25, 0.3) is 0 Å². The van der Waals surface area contributed by atoms with Crippen molar-refractivity contribution in [2.75, 3.05) is 13.1 Å². The van der Waals surface area contributed by atoms with Gasteiger partial charge in [-0.25, -0.2) is 0 Å². The first-order valence-corrected chi connectivity index (χ1v) is 5.75. The van der Waals surface area contributed by atoms with Crippen LogP contribution in [0.3, 0.4) is 0 Å². The van der Waals surface area contributed by atoms with E-state index in [1.807, 2.05) is 13.8 Å². The van der Waals surface area contributed by atoms with Crippen molar-refractivity contribution in [1.29, 1.82) is 0 Å². The summed E-state index contributed by atoms with van der Waals surface area (Å²) < 4.78 is 0. The Hall–Kier alpha value is -1.10. The zero-order chi connectivity index (χ0) is 12.1. The molecule has 0 aliphatic carbocycles. The van der Waals surface area contributed by atoms with Crippen LogP contribution in [0.1, 0.15) is 33.1 Å². The molecule has 1 amide bonds. The summed E-state index contributed by atoms with van der Waals surface area (Å²) in [6.45, 7) is 4.95. The smallest absolute Gasteiger partial charge is 0.305 e. The van der Waals surface area contributed by atoms with Gasteiger partial charge in [0, 0.05) is 18.6 Å². The Kier molecular flexibility index (Phi) is 4.73. The van der Waals surface area contributed by atoms with E-state index in [4.69, 9.17) is 5.11 Å². The minimum absolute atomic E-state index is 0.0115. The molecule has 1 aliphatic heterocycles. The number of carboxylic acids is 1. The molecule has 92 valence electrons. The second kappa shape index (κ2) is 5.84. The van der Waals surface area contributed by atoms with Gasteiger partial charge in [-0.1, -0.05) is 13.8 Å². The lowest BCUT2D eigenvalue weighted by Gasteiger charge is -2.24. The predicted molar refractivity (Wildman–Crippen MR) is 60.1 cm³/mol. The van der Waals surface area contributed by atoms with E-state index in [1.54, 1.807) is 4.90 Å². The van der Waals surface area contributed by atoms with Crippen molar-refractivity contribution >= 4 is 11.9 Å². The first-order chi connectivity index (χ1) is 7.50. The minimum Gasteiger partial charge on any atom is -0.481 e. The Morgan fingerprint density at radius 1 is 1.50 bits per heavy atom.